The van der Waals surface area contributed by atoms with E-state index in [9.17, 15) is 0 Å². The van der Waals surface area contributed by atoms with Crippen molar-refractivity contribution < 1.29 is 0 Å². The van der Waals surface area contributed by atoms with Crippen molar-refractivity contribution in [3.63, 3.8) is 0 Å². The van der Waals surface area contributed by atoms with Crippen LogP contribution in [0.25, 0.3) is 39.2 Å². The molecule has 0 unspecified atom stereocenters. The van der Waals surface area contributed by atoms with Crippen molar-refractivity contribution in [2.45, 2.75) is 0 Å². The molecular formula is C24H15Br2N3. The Balaban J connectivity index is 1.85. The van der Waals surface area contributed by atoms with E-state index in [2.05, 4.69) is 113 Å². The molecule has 0 radical (unpaired) electrons. The number of aromatic nitrogens is 3. The van der Waals surface area contributed by atoms with E-state index in [4.69, 9.17) is 0 Å². The molecular weight excluding hydrogens is 490 g/mol. The molecule has 5 rings (SSSR count). The van der Waals surface area contributed by atoms with Gasteiger partial charge >= 0.3 is 0 Å². The minimum Gasteiger partial charge on any atom is -0.274 e. The van der Waals surface area contributed by atoms with Crippen molar-refractivity contribution in [1.82, 2.24) is 14.8 Å². The minimum absolute atomic E-state index is 0.803. The van der Waals surface area contributed by atoms with Crippen LogP contribution in [0.4, 0.5) is 0 Å². The molecule has 4 aromatic carbocycles. The fraction of sp³-hybridized carbons (Fsp3) is 0. The highest BCUT2D eigenvalue weighted by Gasteiger charge is 2.19. The predicted octanol–water partition coefficient (Wildman–Crippen LogP) is 7.28. The van der Waals surface area contributed by atoms with Crippen molar-refractivity contribution in [1.29, 1.82) is 0 Å². The van der Waals surface area contributed by atoms with Gasteiger partial charge in [0.25, 0.3) is 0 Å². The van der Waals surface area contributed by atoms with Crippen LogP contribution >= 0.6 is 31.9 Å². The van der Waals surface area contributed by atoms with E-state index in [1.807, 2.05) is 24.3 Å². The number of fused-ring (bicyclic) bond motifs is 1. The van der Waals surface area contributed by atoms with E-state index in [1.165, 1.54) is 5.39 Å². The van der Waals surface area contributed by atoms with Crippen LogP contribution in [0.3, 0.4) is 0 Å². The Labute approximate surface area is 185 Å². The second kappa shape index (κ2) is 7.58. The second-order valence-electron chi connectivity index (χ2n) is 6.70. The highest BCUT2D eigenvalue weighted by molar-refractivity contribution is 9.10. The van der Waals surface area contributed by atoms with Crippen molar-refractivity contribution in [2.24, 2.45) is 0 Å². The summed E-state index contributed by atoms with van der Waals surface area (Å²) in [5.41, 5.74) is 3.06. The summed E-state index contributed by atoms with van der Waals surface area (Å²) in [7, 11) is 0. The van der Waals surface area contributed by atoms with Crippen LogP contribution in [-0.4, -0.2) is 14.8 Å². The third kappa shape index (κ3) is 3.41. The summed E-state index contributed by atoms with van der Waals surface area (Å²) in [6.45, 7) is 0. The summed E-state index contributed by atoms with van der Waals surface area (Å²) in [6, 6.07) is 31.0. The Morgan fingerprint density at radius 1 is 0.586 bits per heavy atom. The molecule has 0 aliphatic rings. The molecule has 5 aromatic rings. The van der Waals surface area contributed by atoms with E-state index in [0.717, 1.165) is 42.8 Å². The molecule has 0 amide bonds. The molecule has 3 nitrogen and oxygen atoms in total. The second-order valence-corrected chi connectivity index (χ2v) is 8.53. The fourth-order valence-corrected chi connectivity index (χ4v) is 4.34. The molecule has 0 saturated carbocycles. The molecule has 29 heavy (non-hydrogen) atoms. The monoisotopic (exact) mass is 503 g/mol. The van der Waals surface area contributed by atoms with Crippen molar-refractivity contribution in [3.05, 3.63) is 99.9 Å². The van der Waals surface area contributed by atoms with E-state index in [-0.39, 0.29) is 0 Å². The Bertz CT molecular complexity index is 1270. The molecule has 5 heteroatoms. The van der Waals surface area contributed by atoms with Gasteiger partial charge in [0.15, 0.2) is 11.6 Å². The van der Waals surface area contributed by atoms with Crippen LogP contribution in [-0.2, 0) is 0 Å². The van der Waals surface area contributed by atoms with Crippen molar-refractivity contribution in [2.75, 3.05) is 0 Å². The molecule has 0 N–H and O–H groups in total. The normalized spacial score (nSPS) is 11.1. The van der Waals surface area contributed by atoms with Gasteiger partial charge < -0.3 is 0 Å². The van der Waals surface area contributed by atoms with Gasteiger partial charge in [-0.05, 0) is 35.7 Å². The summed E-state index contributed by atoms with van der Waals surface area (Å²) >= 11 is 7.16. The number of hydrogen-bond donors (Lipinski definition) is 0. The first-order chi connectivity index (χ1) is 14.2. The maximum Gasteiger partial charge on any atom is 0.168 e. The van der Waals surface area contributed by atoms with Crippen LogP contribution in [0, 0.1) is 0 Å². The van der Waals surface area contributed by atoms with E-state index >= 15 is 0 Å². The number of halogens is 2. The van der Waals surface area contributed by atoms with E-state index in [1.54, 1.807) is 0 Å². The molecule has 1 heterocycles. The lowest BCUT2D eigenvalue weighted by atomic mass is 10.1. The van der Waals surface area contributed by atoms with Crippen LogP contribution < -0.4 is 0 Å². The maximum absolute atomic E-state index is 4.59. The van der Waals surface area contributed by atoms with Crippen molar-refractivity contribution >= 4 is 42.6 Å². The van der Waals surface area contributed by atoms with Crippen LogP contribution in [0.15, 0.2) is 99.9 Å². The average Bonchev–Trinajstić information content (AvgIpc) is 3.18. The average molecular weight is 505 g/mol. The van der Waals surface area contributed by atoms with Gasteiger partial charge in [-0.3, -0.25) is 4.57 Å². The minimum atomic E-state index is 0.803. The molecule has 1 aromatic heterocycles. The van der Waals surface area contributed by atoms with Gasteiger partial charge in [0.05, 0.1) is 5.69 Å². The first kappa shape index (κ1) is 18.3. The van der Waals surface area contributed by atoms with Gasteiger partial charge in [-0.25, -0.2) is 0 Å². The Kier molecular flexibility index (Phi) is 4.78. The largest absolute Gasteiger partial charge is 0.274 e. The maximum atomic E-state index is 4.59. The zero-order valence-electron chi connectivity index (χ0n) is 15.3. The quantitative estimate of drug-likeness (QED) is 0.258. The lowest BCUT2D eigenvalue weighted by Crippen LogP contribution is -2.01. The third-order valence-electron chi connectivity index (χ3n) is 4.84. The topological polar surface area (TPSA) is 30.7 Å². The summed E-state index contributed by atoms with van der Waals surface area (Å²) in [4.78, 5) is 0. The molecule has 0 aliphatic heterocycles. The Hall–Kier alpha value is -2.76. The third-order valence-corrected chi connectivity index (χ3v) is 5.82. The standard InChI is InChI=1S/C24H15Br2N3/c25-19-10-3-8-17(14-19)23-27-28-24(18-9-4-11-20(26)15-18)29(23)22-13-5-7-16-6-1-2-12-21(16)22/h1-15H. The molecule has 0 bridgehead atoms. The number of hydrogen-bond acceptors (Lipinski definition) is 2. The number of rotatable bonds is 3. The number of benzene rings is 4. The molecule has 140 valence electrons. The summed E-state index contributed by atoms with van der Waals surface area (Å²) < 4.78 is 4.16. The van der Waals surface area contributed by atoms with Gasteiger partial charge in [-0.2, -0.15) is 0 Å². The Morgan fingerprint density at radius 3 is 1.76 bits per heavy atom. The van der Waals surface area contributed by atoms with Crippen LogP contribution in [0.5, 0.6) is 0 Å². The molecule has 0 saturated heterocycles. The Morgan fingerprint density at radius 2 is 1.14 bits per heavy atom. The van der Waals surface area contributed by atoms with E-state index in [0.29, 0.717) is 0 Å². The molecule has 0 aliphatic carbocycles. The zero-order valence-corrected chi connectivity index (χ0v) is 18.4. The van der Waals surface area contributed by atoms with Gasteiger partial charge in [-0.15, -0.1) is 10.2 Å². The zero-order chi connectivity index (χ0) is 19.8. The van der Waals surface area contributed by atoms with Gasteiger partial charge in [0, 0.05) is 25.5 Å². The smallest absolute Gasteiger partial charge is 0.168 e. The van der Waals surface area contributed by atoms with Gasteiger partial charge in [0.1, 0.15) is 0 Å². The lowest BCUT2D eigenvalue weighted by Gasteiger charge is -2.14. The molecule has 0 fully saturated rings. The van der Waals surface area contributed by atoms with Gasteiger partial charge in [0.2, 0.25) is 0 Å². The summed E-state index contributed by atoms with van der Waals surface area (Å²) in [5.74, 6) is 1.61. The molecule has 0 spiro atoms. The fourth-order valence-electron chi connectivity index (χ4n) is 3.54. The summed E-state index contributed by atoms with van der Waals surface area (Å²) in [5, 5.41) is 11.5. The number of nitrogens with zero attached hydrogens (tertiary/aromatic N) is 3. The molecule has 0 atom stereocenters. The van der Waals surface area contributed by atoms with E-state index < -0.39 is 0 Å². The highest BCUT2D eigenvalue weighted by Crippen LogP contribution is 2.33. The van der Waals surface area contributed by atoms with Crippen LogP contribution in [0.1, 0.15) is 0 Å². The highest BCUT2D eigenvalue weighted by atomic mass is 79.9. The first-order valence-electron chi connectivity index (χ1n) is 9.16. The van der Waals surface area contributed by atoms with Crippen molar-refractivity contribution in [3.8, 4) is 28.5 Å². The van der Waals surface area contributed by atoms with Crippen LogP contribution in [0.2, 0.25) is 0 Å². The predicted molar refractivity (Wildman–Crippen MR) is 125 cm³/mol. The van der Waals surface area contributed by atoms with Gasteiger partial charge in [-0.1, -0.05) is 92.5 Å². The SMILES string of the molecule is Brc1cccc(-c2nnc(-c3cccc(Br)c3)n2-c2cccc3ccccc23)c1. The first-order valence-corrected chi connectivity index (χ1v) is 10.7. The summed E-state index contributed by atoms with van der Waals surface area (Å²) in [6.07, 6.45) is 0. The lowest BCUT2D eigenvalue weighted by molar-refractivity contribution is 1.08.